The van der Waals surface area contributed by atoms with Crippen LogP contribution in [0.2, 0.25) is 10.0 Å². The van der Waals surface area contributed by atoms with Gasteiger partial charge in [0, 0.05) is 19.2 Å². The van der Waals surface area contributed by atoms with Crippen molar-refractivity contribution >= 4 is 29.0 Å². The number of rotatable bonds is 3. The van der Waals surface area contributed by atoms with Crippen LogP contribution < -0.4 is 5.32 Å². The summed E-state index contributed by atoms with van der Waals surface area (Å²) in [6.07, 6.45) is 7.26. The smallest absolute Gasteiger partial charge is 0.144 e. The summed E-state index contributed by atoms with van der Waals surface area (Å²) >= 11 is 11.5. The van der Waals surface area contributed by atoms with Crippen molar-refractivity contribution in [2.75, 3.05) is 11.9 Å². The van der Waals surface area contributed by atoms with E-state index < -0.39 is 0 Å². The maximum atomic E-state index is 5.85. The largest absolute Gasteiger partial charge is 0.368 e. The molecule has 1 heterocycles. The molecule has 0 atom stereocenters. The third-order valence-electron chi connectivity index (χ3n) is 1.37. The molecule has 0 spiro atoms. The molecule has 0 unspecified atom stereocenters. The quantitative estimate of drug-likeness (QED) is 0.619. The lowest BCUT2D eigenvalue weighted by molar-refractivity contribution is 1.07. The molecule has 0 saturated heterocycles. The molecule has 1 N–H and O–H groups in total. The van der Waals surface area contributed by atoms with Crippen molar-refractivity contribution in [1.82, 2.24) is 4.98 Å². The van der Waals surface area contributed by atoms with E-state index in [0.717, 1.165) is 0 Å². The van der Waals surface area contributed by atoms with E-state index in [1.165, 1.54) is 6.20 Å². The molecule has 13 heavy (non-hydrogen) atoms. The van der Waals surface area contributed by atoms with Gasteiger partial charge in [-0.05, 0) is 6.07 Å². The molecular weight excluding hydrogens is 207 g/mol. The first-order valence-corrected chi connectivity index (χ1v) is 4.48. The third-order valence-corrected chi connectivity index (χ3v) is 1.86. The van der Waals surface area contributed by atoms with E-state index in [2.05, 4.69) is 16.2 Å². The highest BCUT2D eigenvalue weighted by Gasteiger charge is 2.00. The van der Waals surface area contributed by atoms with Crippen LogP contribution in [0.1, 0.15) is 6.42 Å². The van der Waals surface area contributed by atoms with Gasteiger partial charge in [-0.1, -0.05) is 23.2 Å². The number of nitrogens with one attached hydrogen (secondary N) is 1. The van der Waals surface area contributed by atoms with Crippen molar-refractivity contribution in [3.05, 3.63) is 22.3 Å². The first-order chi connectivity index (χ1) is 6.24. The zero-order valence-electron chi connectivity index (χ0n) is 6.85. The Labute approximate surface area is 87.3 Å². The van der Waals surface area contributed by atoms with Crippen LogP contribution >= 0.6 is 23.2 Å². The highest BCUT2D eigenvalue weighted by atomic mass is 35.5. The molecule has 0 radical (unpaired) electrons. The highest BCUT2D eigenvalue weighted by Crippen LogP contribution is 2.22. The van der Waals surface area contributed by atoms with Gasteiger partial charge in [0.1, 0.15) is 5.82 Å². The van der Waals surface area contributed by atoms with E-state index in [1.54, 1.807) is 6.07 Å². The molecule has 1 rings (SSSR count). The zero-order chi connectivity index (χ0) is 9.68. The Bertz CT molecular complexity index is 331. The Balaban J connectivity index is 2.62. The van der Waals surface area contributed by atoms with Crippen molar-refractivity contribution in [2.24, 2.45) is 0 Å². The van der Waals surface area contributed by atoms with Gasteiger partial charge in [-0.2, -0.15) is 0 Å². The number of pyridine rings is 1. The van der Waals surface area contributed by atoms with Crippen LogP contribution in [0, 0.1) is 12.3 Å². The zero-order valence-corrected chi connectivity index (χ0v) is 8.36. The molecule has 0 bridgehead atoms. The molecule has 0 aliphatic rings. The first-order valence-electron chi connectivity index (χ1n) is 3.72. The van der Waals surface area contributed by atoms with Crippen molar-refractivity contribution in [2.45, 2.75) is 6.42 Å². The molecule has 0 aliphatic heterocycles. The van der Waals surface area contributed by atoms with Gasteiger partial charge in [0.05, 0.1) is 10.0 Å². The van der Waals surface area contributed by atoms with Crippen LogP contribution in [-0.2, 0) is 0 Å². The summed E-state index contributed by atoms with van der Waals surface area (Å²) in [7, 11) is 0. The molecule has 0 saturated carbocycles. The maximum absolute atomic E-state index is 5.85. The van der Waals surface area contributed by atoms with Crippen LogP contribution in [-0.4, -0.2) is 11.5 Å². The Kier molecular flexibility index (Phi) is 3.88. The van der Waals surface area contributed by atoms with Gasteiger partial charge in [0.2, 0.25) is 0 Å². The minimum Gasteiger partial charge on any atom is -0.368 e. The molecule has 0 aliphatic carbocycles. The summed E-state index contributed by atoms with van der Waals surface area (Å²) in [4.78, 5) is 4.01. The van der Waals surface area contributed by atoms with Crippen LogP contribution in [0.3, 0.4) is 0 Å². The van der Waals surface area contributed by atoms with E-state index in [4.69, 9.17) is 29.6 Å². The van der Waals surface area contributed by atoms with E-state index in [9.17, 15) is 0 Å². The van der Waals surface area contributed by atoms with Crippen LogP contribution in [0.4, 0.5) is 5.82 Å². The second-order valence-corrected chi connectivity index (χ2v) is 3.21. The number of hydrogen-bond donors (Lipinski definition) is 1. The van der Waals surface area contributed by atoms with Crippen molar-refractivity contribution in [1.29, 1.82) is 0 Å². The van der Waals surface area contributed by atoms with E-state index >= 15 is 0 Å². The number of hydrogen-bond acceptors (Lipinski definition) is 2. The van der Waals surface area contributed by atoms with Crippen LogP contribution in [0.25, 0.3) is 0 Å². The Morgan fingerprint density at radius 1 is 1.54 bits per heavy atom. The minimum atomic E-state index is 0.504. The maximum Gasteiger partial charge on any atom is 0.144 e. The van der Waals surface area contributed by atoms with Crippen LogP contribution in [0.15, 0.2) is 12.3 Å². The number of aromatic nitrogens is 1. The molecule has 0 amide bonds. The van der Waals surface area contributed by atoms with Crippen molar-refractivity contribution in [3.8, 4) is 12.3 Å². The topological polar surface area (TPSA) is 24.9 Å². The monoisotopic (exact) mass is 214 g/mol. The number of anilines is 1. The molecule has 2 nitrogen and oxygen atoms in total. The molecule has 68 valence electrons. The molecule has 1 aromatic rings. The molecule has 1 aromatic heterocycles. The lowest BCUT2D eigenvalue weighted by Crippen LogP contribution is -2.02. The molecular formula is C9H8Cl2N2. The fourth-order valence-electron chi connectivity index (χ4n) is 0.798. The lowest BCUT2D eigenvalue weighted by atomic mass is 10.4. The number of nitrogens with zero attached hydrogens (tertiary/aromatic N) is 1. The summed E-state index contributed by atoms with van der Waals surface area (Å²) in [6, 6.07) is 1.63. The van der Waals surface area contributed by atoms with Crippen molar-refractivity contribution in [3.63, 3.8) is 0 Å². The van der Waals surface area contributed by atoms with Crippen LogP contribution in [0.5, 0.6) is 0 Å². The Hall–Kier alpha value is -0.910. The Morgan fingerprint density at radius 3 is 2.92 bits per heavy atom. The standard InChI is InChI=1S/C9H8Cl2N2/c1-2-3-4-12-9-8(11)5-7(10)6-13-9/h1,5-6H,3-4H2,(H,12,13). The van der Waals surface area contributed by atoms with E-state index in [0.29, 0.717) is 28.8 Å². The Morgan fingerprint density at radius 2 is 2.31 bits per heavy atom. The number of halogens is 2. The average Bonchev–Trinajstić information content (AvgIpc) is 2.09. The summed E-state index contributed by atoms with van der Waals surface area (Å²) in [5.41, 5.74) is 0. The van der Waals surface area contributed by atoms with E-state index in [-0.39, 0.29) is 0 Å². The van der Waals surface area contributed by atoms with Gasteiger partial charge in [0.15, 0.2) is 0 Å². The predicted molar refractivity (Wildman–Crippen MR) is 56.2 cm³/mol. The second-order valence-electron chi connectivity index (χ2n) is 2.36. The summed E-state index contributed by atoms with van der Waals surface area (Å²) in [5.74, 6) is 3.12. The third kappa shape index (κ3) is 3.14. The molecule has 0 aromatic carbocycles. The fraction of sp³-hybridized carbons (Fsp3) is 0.222. The summed E-state index contributed by atoms with van der Waals surface area (Å²) in [6.45, 7) is 0.658. The first kappa shape index (κ1) is 10.2. The van der Waals surface area contributed by atoms with Gasteiger partial charge < -0.3 is 5.32 Å². The van der Waals surface area contributed by atoms with Gasteiger partial charge in [-0.25, -0.2) is 4.98 Å². The summed E-state index contributed by atoms with van der Waals surface area (Å²) < 4.78 is 0. The van der Waals surface area contributed by atoms with Gasteiger partial charge in [-0.15, -0.1) is 12.3 Å². The van der Waals surface area contributed by atoms with Gasteiger partial charge in [-0.3, -0.25) is 0 Å². The second kappa shape index (κ2) is 4.96. The lowest BCUT2D eigenvalue weighted by Gasteiger charge is -2.04. The highest BCUT2D eigenvalue weighted by molar-refractivity contribution is 6.35. The molecule has 0 fully saturated rings. The van der Waals surface area contributed by atoms with Gasteiger partial charge >= 0.3 is 0 Å². The van der Waals surface area contributed by atoms with Crippen molar-refractivity contribution < 1.29 is 0 Å². The minimum absolute atomic E-state index is 0.504. The molecule has 4 heteroatoms. The predicted octanol–water partition coefficient (Wildman–Crippen LogP) is 2.82. The fourth-order valence-corrected chi connectivity index (χ4v) is 1.24. The van der Waals surface area contributed by atoms with E-state index in [1.807, 2.05) is 0 Å². The van der Waals surface area contributed by atoms with Gasteiger partial charge in [0.25, 0.3) is 0 Å². The average molecular weight is 215 g/mol. The normalized spacial score (nSPS) is 9.31. The number of terminal acetylenes is 1. The SMILES string of the molecule is C#CCCNc1ncc(Cl)cc1Cl. The summed E-state index contributed by atoms with van der Waals surface area (Å²) in [5, 5.41) is 4.02.